The number of hydrogen-bond acceptors (Lipinski definition) is 2. The molecule has 4 nitrogen and oxygen atoms in total. The zero-order valence-corrected chi connectivity index (χ0v) is 10.9. The molecule has 1 unspecified atom stereocenters. The Morgan fingerprint density at radius 3 is 2.05 bits per heavy atom. The normalized spacial score (nSPS) is 13.7. The molecular weight excluding hydrogens is 275 g/mol. The summed E-state index contributed by atoms with van der Waals surface area (Å²) in [6.45, 7) is 2.51. The molecule has 1 rings (SSSR count). The summed E-state index contributed by atoms with van der Waals surface area (Å²) in [5.41, 5.74) is -1.31. The second-order valence-corrected chi connectivity index (χ2v) is 4.84. The van der Waals surface area contributed by atoms with Crippen molar-refractivity contribution in [3.05, 3.63) is 35.9 Å². The van der Waals surface area contributed by atoms with Gasteiger partial charge in [-0.15, -0.1) is 0 Å². The van der Waals surface area contributed by atoms with Gasteiger partial charge in [0.1, 0.15) is 0 Å². The second-order valence-electron chi connectivity index (χ2n) is 4.84. The highest BCUT2D eigenvalue weighted by molar-refractivity contribution is 5.83. The molecule has 7 heteroatoms. The van der Waals surface area contributed by atoms with E-state index in [-0.39, 0.29) is 5.56 Å². The summed E-state index contributed by atoms with van der Waals surface area (Å²) < 4.78 is 37.1. The maximum Gasteiger partial charge on any atom is 0.471 e. The van der Waals surface area contributed by atoms with Crippen molar-refractivity contribution in [3.8, 4) is 0 Å². The number of alkyl halides is 3. The lowest BCUT2D eigenvalue weighted by Gasteiger charge is -2.31. The van der Waals surface area contributed by atoms with Gasteiger partial charge < -0.3 is 10.4 Å². The van der Waals surface area contributed by atoms with E-state index < -0.39 is 29.5 Å². The van der Waals surface area contributed by atoms with Crippen LogP contribution in [0.1, 0.15) is 25.5 Å². The number of amides is 1. The number of benzene rings is 1. The van der Waals surface area contributed by atoms with Crippen LogP contribution in [0.4, 0.5) is 13.2 Å². The standard InChI is InChI=1S/C13H14F3NO3/c1-12(2,11(19)20)9(8-6-4-3-5-7-8)17-10(18)13(14,15)16/h3-7,9H,1-2H3,(H,17,18)(H,19,20). The molecule has 1 amide bonds. The molecule has 110 valence electrons. The topological polar surface area (TPSA) is 66.4 Å². The third-order valence-corrected chi connectivity index (χ3v) is 2.94. The minimum absolute atomic E-state index is 0.289. The van der Waals surface area contributed by atoms with E-state index in [2.05, 4.69) is 0 Å². The number of nitrogens with one attached hydrogen (secondary N) is 1. The molecule has 0 saturated heterocycles. The second kappa shape index (κ2) is 5.52. The van der Waals surface area contributed by atoms with Gasteiger partial charge >= 0.3 is 18.1 Å². The van der Waals surface area contributed by atoms with Crippen molar-refractivity contribution < 1.29 is 27.9 Å². The molecule has 0 spiro atoms. The zero-order chi connectivity index (χ0) is 15.6. The third kappa shape index (κ3) is 3.49. The van der Waals surface area contributed by atoms with Crippen LogP contribution < -0.4 is 5.32 Å². The summed E-state index contributed by atoms with van der Waals surface area (Å²) in [7, 11) is 0. The van der Waals surface area contributed by atoms with E-state index in [1.54, 1.807) is 23.5 Å². The first-order chi connectivity index (χ1) is 9.06. The Morgan fingerprint density at radius 2 is 1.65 bits per heavy atom. The van der Waals surface area contributed by atoms with Crippen LogP contribution in [0.3, 0.4) is 0 Å². The maximum atomic E-state index is 12.4. The smallest absolute Gasteiger partial charge is 0.471 e. The predicted molar refractivity (Wildman–Crippen MR) is 64.8 cm³/mol. The molecule has 0 aliphatic carbocycles. The Labute approximate surface area is 113 Å². The molecule has 0 aliphatic rings. The average Bonchev–Trinajstić information content (AvgIpc) is 2.35. The lowest BCUT2D eigenvalue weighted by atomic mass is 9.80. The lowest BCUT2D eigenvalue weighted by Crippen LogP contribution is -2.46. The lowest BCUT2D eigenvalue weighted by molar-refractivity contribution is -0.176. The van der Waals surface area contributed by atoms with Crippen LogP contribution >= 0.6 is 0 Å². The third-order valence-electron chi connectivity index (χ3n) is 2.94. The Morgan fingerprint density at radius 1 is 1.15 bits per heavy atom. The molecule has 1 atom stereocenters. The van der Waals surface area contributed by atoms with E-state index >= 15 is 0 Å². The van der Waals surface area contributed by atoms with Crippen LogP contribution in [-0.4, -0.2) is 23.2 Å². The molecule has 0 radical (unpaired) electrons. The minimum atomic E-state index is -5.07. The number of hydrogen-bond donors (Lipinski definition) is 2. The average molecular weight is 289 g/mol. The Kier molecular flexibility index (Phi) is 4.42. The first-order valence-corrected chi connectivity index (χ1v) is 5.73. The van der Waals surface area contributed by atoms with Crippen molar-refractivity contribution in [1.82, 2.24) is 5.32 Å². The van der Waals surface area contributed by atoms with Crippen LogP contribution in [0.25, 0.3) is 0 Å². The molecule has 0 fully saturated rings. The van der Waals surface area contributed by atoms with Crippen LogP contribution in [0.2, 0.25) is 0 Å². The quantitative estimate of drug-likeness (QED) is 0.895. The summed E-state index contributed by atoms with van der Waals surface area (Å²) in [6.07, 6.45) is -5.07. The number of aliphatic carboxylic acids is 1. The van der Waals surface area contributed by atoms with E-state index in [1.165, 1.54) is 26.0 Å². The monoisotopic (exact) mass is 289 g/mol. The summed E-state index contributed by atoms with van der Waals surface area (Å²) >= 11 is 0. The fourth-order valence-corrected chi connectivity index (χ4v) is 1.66. The van der Waals surface area contributed by atoms with Gasteiger partial charge in [0.05, 0.1) is 11.5 Å². The van der Waals surface area contributed by atoms with Crippen molar-refractivity contribution in [1.29, 1.82) is 0 Å². The van der Waals surface area contributed by atoms with Gasteiger partial charge in [-0.25, -0.2) is 0 Å². The van der Waals surface area contributed by atoms with Gasteiger partial charge in [-0.05, 0) is 19.4 Å². The van der Waals surface area contributed by atoms with Gasteiger partial charge in [0.15, 0.2) is 0 Å². The highest BCUT2D eigenvalue weighted by atomic mass is 19.4. The van der Waals surface area contributed by atoms with Crippen LogP contribution in [-0.2, 0) is 9.59 Å². The highest BCUT2D eigenvalue weighted by Gasteiger charge is 2.45. The van der Waals surface area contributed by atoms with Crippen molar-refractivity contribution in [3.63, 3.8) is 0 Å². The molecule has 0 aliphatic heterocycles. The molecule has 1 aromatic rings. The Balaban J connectivity index is 3.17. The van der Waals surface area contributed by atoms with Gasteiger partial charge in [-0.1, -0.05) is 30.3 Å². The summed E-state index contributed by atoms with van der Waals surface area (Å²) in [5, 5.41) is 10.9. The number of carboxylic acid groups (broad SMARTS) is 1. The largest absolute Gasteiger partial charge is 0.481 e. The van der Waals surface area contributed by atoms with Crippen LogP contribution in [0.15, 0.2) is 30.3 Å². The number of carboxylic acids is 1. The van der Waals surface area contributed by atoms with Crippen LogP contribution in [0, 0.1) is 5.41 Å². The summed E-state index contributed by atoms with van der Waals surface area (Å²) in [5.74, 6) is -3.48. The van der Waals surface area contributed by atoms with Gasteiger partial charge in [0.2, 0.25) is 0 Å². The van der Waals surface area contributed by atoms with Gasteiger partial charge in [0.25, 0.3) is 0 Å². The van der Waals surface area contributed by atoms with E-state index in [1.807, 2.05) is 0 Å². The molecule has 2 N–H and O–H groups in total. The van der Waals surface area contributed by atoms with Gasteiger partial charge in [-0.3, -0.25) is 9.59 Å². The van der Waals surface area contributed by atoms with Crippen LogP contribution in [0.5, 0.6) is 0 Å². The maximum absolute atomic E-state index is 12.4. The number of carbonyl (C=O) groups is 2. The Bertz CT molecular complexity index is 497. The fourth-order valence-electron chi connectivity index (χ4n) is 1.66. The predicted octanol–water partition coefficient (Wildman–Crippen LogP) is 2.52. The van der Waals surface area contributed by atoms with Gasteiger partial charge in [0, 0.05) is 0 Å². The molecule has 0 aromatic heterocycles. The molecule has 1 aromatic carbocycles. The number of halogens is 3. The SMILES string of the molecule is CC(C)(C(=O)O)C(NC(=O)C(F)(F)F)c1ccccc1. The molecular formula is C13H14F3NO3. The molecule has 0 bridgehead atoms. The van der Waals surface area contributed by atoms with Gasteiger partial charge in [-0.2, -0.15) is 13.2 Å². The number of rotatable bonds is 4. The van der Waals surface area contributed by atoms with E-state index in [9.17, 15) is 22.8 Å². The Hall–Kier alpha value is -2.05. The first kappa shape index (κ1) is 16.0. The van der Waals surface area contributed by atoms with Crippen molar-refractivity contribution in [2.45, 2.75) is 26.1 Å². The van der Waals surface area contributed by atoms with Crippen molar-refractivity contribution in [2.24, 2.45) is 5.41 Å². The summed E-state index contributed by atoms with van der Waals surface area (Å²) in [6, 6.07) is 6.38. The van der Waals surface area contributed by atoms with Crippen molar-refractivity contribution >= 4 is 11.9 Å². The van der Waals surface area contributed by atoms with Crippen molar-refractivity contribution in [2.75, 3.05) is 0 Å². The number of carbonyl (C=O) groups excluding carboxylic acids is 1. The van der Waals surface area contributed by atoms with E-state index in [4.69, 9.17) is 5.11 Å². The molecule has 20 heavy (non-hydrogen) atoms. The fraction of sp³-hybridized carbons (Fsp3) is 0.385. The zero-order valence-electron chi connectivity index (χ0n) is 10.9. The summed E-state index contributed by atoms with van der Waals surface area (Å²) in [4.78, 5) is 22.3. The first-order valence-electron chi connectivity index (χ1n) is 5.73. The minimum Gasteiger partial charge on any atom is -0.481 e. The molecule has 0 heterocycles. The highest BCUT2D eigenvalue weighted by Crippen LogP contribution is 2.34. The van der Waals surface area contributed by atoms with E-state index in [0.29, 0.717) is 0 Å². The van der Waals surface area contributed by atoms with E-state index in [0.717, 1.165) is 0 Å². The molecule has 0 saturated carbocycles.